The number of hydrogen-bond acceptors (Lipinski definition) is 2. The lowest BCUT2D eigenvalue weighted by atomic mass is 9.57. The van der Waals surface area contributed by atoms with Gasteiger partial charge in [0.15, 0.2) is 0 Å². The van der Waals surface area contributed by atoms with Gasteiger partial charge in [0.05, 0.1) is 6.10 Å². The summed E-state index contributed by atoms with van der Waals surface area (Å²) in [6.45, 7) is 9.03. The van der Waals surface area contributed by atoms with Gasteiger partial charge in [-0.1, -0.05) is 52.9 Å². The Morgan fingerprint density at radius 3 is 2.43 bits per heavy atom. The van der Waals surface area contributed by atoms with Crippen LogP contribution in [-0.4, -0.2) is 25.3 Å². The predicted octanol–water partition coefficient (Wildman–Crippen LogP) is 4.92. The first-order valence-corrected chi connectivity index (χ1v) is 9.58. The highest BCUT2D eigenvalue weighted by Gasteiger charge is 2.54. The first kappa shape index (κ1) is 17.3. The molecule has 3 unspecified atom stereocenters. The van der Waals surface area contributed by atoms with E-state index in [-0.39, 0.29) is 0 Å². The van der Waals surface area contributed by atoms with Crippen LogP contribution in [0.1, 0.15) is 85.0 Å². The van der Waals surface area contributed by atoms with E-state index in [0.29, 0.717) is 11.5 Å². The molecule has 2 heteroatoms. The second-order valence-corrected chi connectivity index (χ2v) is 7.61. The fraction of sp³-hybridized carbons (Fsp3) is 1.00. The monoisotopic (exact) mass is 295 g/mol. The fourth-order valence-electron chi connectivity index (χ4n) is 4.50. The highest BCUT2D eigenvalue weighted by molar-refractivity contribution is 5.08. The van der Waals surface area contributed by atoms with Crippen molar-refractivity contribution in [2.45, 2.75) is 97.1 Å². The summed E-state index contributed by atoms with van der Waals surface area (Å²) in [6.07, 6.45) is 14.1. The molecule has 0 bridgehead atoms. The number of hydrogen-bond donors (Lipinski definition) is 1. The average molecular weight is 296 g/mol. The molecule has 0 aromatic carbocycles. The van der Waals surface area contributed by atoms with E-state index in [2.05, 4.69) is 26.1 Å². The highest BCUT2D eigenvalue weighted by Crippen LogP contribution is 2.52. The molecule has 124 valence electrons. The third-order valence-corrected chi connectivity index (χ3v) is 5.82. The van der Waals surface area contributed by atoms with Gasteiger partial charge in [0.1, 0.15) is 0 Å². The Bertz CT molecular complexity index is 283. The maximum Gasteiger partial charge on any atom is 0.0661 e. The van der Waals surface area contributed by atoms with Crippen molar-refractivity contribution in [1.29, 1.82) is 0 Å². The Balaban J connectivity index is 1.90. The molecule has 2 nitrogen and oxygen atoms in total. The second-order valence-electron chi connectivity index (χ2n) is 7.61. The Labute approximate surface area is 132 Å². The van der Waals surface area contributed by atoms with Crippen molar-refractivity contribution < 1.29 is 4.74 Å². The molecule has 1 spiro atoms. The molecule has 2 saturated carbocycles. The van der Waals surface area contributed by atoms with Crippen LogP contribution >= 0.6 is 0 Å². The minimum Gasteiger partial charge on any atom is -0.377 e. The maximum absolute atomic E-state index is 6.41. The molecule has 0 amide bonds. The van der Waals surface area contributed by atoms with Gasteiger partial charge in [-0.05, 0) is 44.6 Å². The Morgan fingerprint density at radius 2 is 1.81 bits per heavy atom. The van der Waals surface area contributed by atoms with E-state index in [1.165, 1.54) is 70.8 Å². The van der Waals surface area contributed by atoms with E-state index in [0.717, 1.165) is 18.6 Å². The first-order chi connectivity index (χ1) is 10.2. The van der Waals surface area contributed by atoms with Gasteiger partial charge in [0, 0.05) is 18.1 Å². The minimum absolute atomic E-state index is 0.470. The van der Waals surface area contributed by atoms with Crippen molar-refractivity contribution in [3.8, 4) is 0 Å². The molecule has 21 heavy (non-hydrogen) atoms. The molecule has 2 rings (SSSR count). The van der Waals surface area contributed by atoms with Crippen LogP contribution in [0.25, 0.3) is 0 Å². The topological polar surface area (TPSA) is 21.3 Å². The van der Waals surface area contributed by atoms with Gasteiger partial charge in [-0.2, -0.15) is 0 Å². The Morgan fingerprint density at radius 1 is 1.10 bits per heavy atom. The van der Waals surface area contributed by atoms with Crippen LogP contribution in [0.2, 0.25) is 0 Å². The molecule has 3 atom stereocenters. The van der Waals surface area contributed by atoms with E-state index < -0.39 is 0 Å². The van der Waals surface area contributed by atoms with Crippen molar-refractivity contribution in [1.82, 2.24) is 5.32 Å². The summed E-state index contributed by atoms with van der Waals surface area (Å²) in [5.41, 5.74) is 0.470. The molecular weight excluding hydrogens is 258 g/mol. The van der Waals surface area contributed by atoms with Gasteiger partial charge in [0.25, 0.3) is 0 Å². The lowest BCUT2D eigenvalue weighted by Gasteiger charge is -2.56. The predicted molar refractivity (Wildman–Crippen MR) is 90.6 cm³/mol. The van der Waals surface area contributed by atoms with E-state index in [1.807, 2.05) is 0 Å². The molecule has 0 heterocycles. The van der Waals surface area contributed by atoms with Crippen LogP contribution in [0.3, 0.4) is 0 Å². The SMILES string of the molecule is CCCNC1CC(OCC(C)CCC)C12CCCCCC2. The number of nitrogens with one attached hydrogen (secondary N) is 1. The quantitative estimate of drug-likeness (QED) is 0.686. The van der Waals surface area contributed by atoms with E-state index >= 15 is 0 Å². The molecule has 0 aliphatic heterocycles. The standard InChI is InChI=1S/C19H37NO/c1-4-10-16(3)15-21-18-14-17(20-13-5-2)19(18)11-8-6-7-9-12-19/h16-18,20H,4-15H2,1-3H3. The van der Waals surface area contributed by atoms with Crippen LogP contribution in [0.4, 0.5) is 0 Å². The van der Waals surface area contributed by atoms with Crippen LogP contribution in [0, 0.1) is 11.3 Å². The molecule has 0 aromatic rings. The van der Waals surface area contributed by atoms with Gasteiger partial charge in [-0.25, -0.2) is 0 Å². The summed E-state index contributed by atoms with van der Waals surface area (Å²) in [5.74, 6) is 0.723. The molecule has 2 aliphatic carbocycles. The van der Waals surface area contributed by atoms with Crippen molar-refractivity contribution in [2.75, 3.05) is 13.2 Å². The van der Waals surface area contributed by atoms with Gasteiger partial charge >= 0.3 is 0 Å². The average Bonchev–Trinajstić information content (AvgIpc) is 2.74. The smallest absolute Gasteiger partial charge is 0.0661 e. The van der Waals surface area contributed by atoms with Crippen LogP contribution in [0.15, 0.2) is 0 Å². The number of ether oxygens (including phenoxy) is 1. The summed E-state index contributed by atoms with van der Waals surface area (Å²) < 4.78 is 6.41. The first-order valence-electron chi connectivity index (χ1n) is 9.58. The number of rotatable bonds is 8. The molecule has 2 fully saturated rings. The van der Waals surface area contributed by atoms with Gasteiger partial charge < -0.3 is 10.1 Å². The van der Waals surface area contributed by atoms with Gasteiger partial charge in [-0.3, -0.25) is 0 Å². The Kier molecular flexibility index (Phi) is 7.01. The fourth-order valence-corrected chi connectivity index (χ4v) is 4.50. The minimum atomic E-state index is 0.470. The Hall–Kier alpha value is -0.0800. The highest BCUT2D eigenvalue weighted by atomic mass is 16.5. The third-order valence-electron chi connectivity index (χ3n) is 5.82. The molecule has 1 N–H and O–H groups in total. The third kappa shape index (κ3) is 4.22. The van der Waals surface area contributed by atoms with Gasteiger partial charge in [-0.15, -0.1) is 0 Å². The lowest BCUT2D eigenvalue weighted by Crippen LogP contribution is -2.64. The zero-order valence-electron chi connectivity index (χ0n) is 14.6. The van der Waals surface area contributed by atoms with Gasteiger partial charge in [0.2, 0.25) is 0 Å². The summed E-state index contributed by atoms with van der Waals surface area (Å²) in [4.78, 5) is 0. The molecule has 0 saturated heterocycles. The second kappa shape index (κ2) is 8.53. The van der Waals surface area contributed by atoms with E-state index in [4.69, 9.17) is 4.74 Å². The largest absolute Gasteiger partial charge is 0.377 e. The van der Waals surface area contributed by atoms with Crippen molar-refractivity contribution in [3.63, 3.8) is 0 Å². The van der Waals surface area contributed by atoms with E-state index in [1.54, 1.807) is 0 Å². The lowest BCUT2D eigenvalue weighted by molar-refractivity contribution is -0.150. The molecule has 0 aromatic heterocycles. The normalized spacial score (nSPS) is 29.9. The van der Waals surface area contributed by atoms with Crippen molar-refractivity contribution in [2.24, 2.45) is 11.3 Å². The van der Waals surface area contributed by atoms with Crippen LogP contribution in [-0.2, 0) is 4.74 Å². The van der Waals surface area contributed by atoms with Crippen LogP contribution < -0.4 is 5.32 Å². The summed E-state index contributed by atoms with van der Waals surface area (Å²) in [5, 5.41) is 3.82. The van der Waals surface area contributed by atoms with Crippen LogP contribution in [0.5, 0.6) is 0 Å². The maximum atomic E-state index is 6.41. The molecular formula is C19H37NO. The zero-order chi connectivity index (χ0) is 15.1. The summed E-state index contributed by atoms with van der Waals surface area (Å²) in [7, 11) is 0. The zero-order valence-corrected chi connectivity index (χ0v) is 14.6. The molecule has 0 radical (unpaired) electrons. The van der Waals surface area contributed by atoms with E-state index in [9.17, 15) is 0 Å². The molecule has 2 aliphatic rings. The van der Waals surface area contributed by atoms with Crippen molar-refractivity contribution in [3.05, 3.63) is 0 Å². The van der Waals surface area contributed by atoms with Crippen molar-refractivity contribution >= 4 is 0 Å². The summed E-state index contributed by atoms with van der Waals surface area (Å²) in [6, 6.07) is 0.724. The summed E-state index contributed by atoms with van der Waals surface area (Å²) >= 11 is 0.